The Balaban J connectivity index is 0.00000132. The molecule has 3 rings (SSSR count). The first-order chi connectivity index (χ1) is 10.3. The summed E-state index contributed by atoms with van der Waals surface area (Å²) in [4.78, 5) is 14.8. The number of nitrogens with one attached hydrogen (secondary N) is 1. The van der Waals surface area contributed by atoms with Gasteiger partial charge in [-0.3, -0.25) is 4.79 Å². The van der Waals surface area contributed by atoms with Crippen LogP contribution in [-0.2, 0) is 0 Å². The second-order valence-corrected chi connectivity index (χ2v) is 6.42. The summed E-state index contributed by atoms with van der Waals surface area (Å²) in [6, 6.07) is 8.29. The minimum Gasteiger partial charge on any atom is -0.372 e. The summed E-state index contributed by atoms with van der Waals surface area (Å²) >= 11 is 0. The molecule has 0 bridgehead atoms. The number of anilines is 1. The average Bonchev–Trinajstić information content (AvgIpc) is 2.57. The lowest BCUT2D eigenvalue weighted by molar-refractivity contribution is 0.0952. The number of benzene rings is 1. The molecule has 3 nitrogen and oxygen atoms in total. The number of halogens is 2. The summed E-state index contributed by atoms with van der Waals surface area (Å²) in [6.07, 6.45) is 6.91. The highest BCUT2D eigenvalue weighted by molar-refractivity contribution is 5.96. The first kappa shape index (κ1) is 20.3. The van der Waals surface area contributed by atoms with Crippen molar-refractivity contribution in [3.63, 3.8) is 0 Å². The number of rotatable bonds is 4. The molecule has 0 saturated carbocycles. The van der Waals surface area contributed by atoms with Crippen molar-refractivity contribution in [2.75, 3.05) is 31.1 Å². The molecule has 0 spiro atoms. The molecule has 1 N–H and O–H groups in total. The number of carbonyl (C=O) groups is 1. The molecule has 0 aliphatic carbocycles. The van der Waals surface area contributed by atoms with Crippen molar-refractivity contribution in [2.24, 2.45) is 5.92 Å². The Labute approximate surface area is 152 Å². The van der Waals surface area contributed by atoms with Crippen molar-refractivity contribution >= 4 is 36.3 Å². The minimum atomic E-state index is 0. The highest BCUT2D eigenvalue weighted by Crippen LogP contribution is 2.23. The van der Waals surface area contributed by atoms with Gasteiger partial charge in [-0.15, -0.1) is 24.8 Å². The highest BCUT2D eigenvalue weighted by atomic mass is 35.5. The third kappa shape index (κ3) is 5.66. The van der Waals surface area contributed by atoms with Crippen LogP contribution in [0.5, 0.6) is 0 Å². The van der Waals surface area contributed by atoms with Crippen LogP contribution >= 0.6 is 24.8 Å². The molecule has 1 aromatic carbocycles. The van der Waals surface area contributed by atoms with Gasteiger partial charge in [-0.05, 0) is 75.4 Å². The molecule has 2 aliphatic heterocycles. The molecule has 130 valence electrons. The molecule has 23 heavy (non-hydrogen) atoms. The Bertz CT molecular complexity index is 466. The van der Waals surface area contributed by atoms with E-state index < -0.39 is 0 Å². The van der Waals surface area contributed by atoms with Crippen LogP contribution < -0.4 is 10.2 Å². The smallest absolute Gasteiger partial charge is 0.163 e. The Hall–Kier alpha value is -0.770. The first-order valence-corrected chi connectivity index (χ1v) is 8.42. The maximum atomic E-state index is 12.4. The van der Waals surface area contributed by atoms with E-state index in [4.69, 9.17) is 0 Å². The number of piperidine rings is 2. The van der Waals surface area contributed by atoms with Gasteiger partial charge in [0.05, 0.1) is 0 Å². The van der Waals surface area contributed by atoms with Crippen LogP contribution in [0.1, 0.15) is 48.9 Å². The Morgan fingerprint density at radius 2 is 1.61 bits per heavy atom. The van der Waals surface area contributed by atoms with E-state index in [0.29, 0.717) is 18.1 Å². The van der Waals surface area contributed by atoms with Gasteiger partial charge < -0.3 is 10.2 Å². The Morgan fingerprint density at radius 3 is 2.22 bits per heavy atom. The summed E-state index contributed by atoms with van der Waals surface area (Å²) in [5.41, 5.74) is 2.16. The average molecular weight is 359 g/mol. The van der Waals surface area contributed by atoms with Crippen molar-refractivity contribution in [1.29, 1.82) is 0 Å². The van der Waals surface area contributed by atoms with E-state index in [1.807, 2.05) is 12.1 Å². The van der Waals surface area contributed by atoms with Gasteiger partial charge in [0.1, 0.15) is 0 Å². The van der Waals surface area contributed by atoms with Crippen LogP contribution in [0.4, 0.5) is 5.69 Å². The van der Waals surface area contributed by atoms with Gasteiger partial charge in [-0.25, -0.2) is 0 Å². The summed E-state index contributed by atoms with van der Waals surface area (Å²) in [5.74, 6) is 0.882. The fourth-order valence-electron chi connectivity index (χ4n) is 3.48. The molecule has 2 saturated heterocycles. The van der Waals surface area contributed by atoms with Crippen LogP contribution in [0.2, 0.25) is 0 Å². The van der Waals surface area contributed by atoms with E-state index in [9.17, 15) is 4.79 Å². The van der Waals surface area contributed by atoms with Crippen molar-refractivity contribution in [3.8, 4) is 0 Å². The second-order valence-electron chi connectivity index (χ2n) is 6.42. The molecular weight excluding hydrogens is 331 g/mol. The number of hydrogen-bond acceptors (Lipinski definition) is 3. The van der Waals surface area contributed by atoms with Gasteiger partial charge in [0.2, 0.25) is 0 Å². The largest absolute Gasteiger partial charge is 0.372 e. The van der Waals surface area contributed by atoms with Gasteiger partial charge in [-0.1, -0.05) is 0 Å². The second kappa shape index (κ2) is 10.2. The zero-order valence-electron chi connectivity index (χ0n) is 13.6. The van der Waals surface area contributed by atoms with Crippen molar-refractivity contribution in [1.82, 2.24) is 5.32 Å². The summed E-state index contributed by atoms with van der Waals surface area (Å²) < 4.78 is 0. The molecule has 0 unspecified atom stereocenters. The van der Waals surface area contributed by atoms with Crippen LogP contribution in [0.15, 0.2) is 24.3 Å². The monoisotopic (exact) mass is 358 g/mol. The minimum absolute atomic E-state index is 0. The molecule has 0 radical (unpaired) electrons. The zero-order chi connectivity index (χ0) is 14.5. The Kier molecular flexibility index (Phi) is 8.96. The van der Waals surface area contributed by atoms with E-state index in [2.05, 4.69) is 22.3 Å². The number of Topliss-reactive ketones (excluding diaryl/α,β-unsaturated/α-hetero) is 1. The number of hydrogen-bond donors (Lipinski definition) is 1. The molecule has 1 aromatic rings. The van der Waals surface area contributed by atoms with E-state index in [0.717, 1.165) is 44.6 Å². The quantitative estimate of drug-likeness (QED) is 0.822. The van der Waals surface area contributed by atoms with Gasteiger partial charge in [-0.2, -0.15) is 0 Å². The SMILES string of the molecule is Cl.Cl.O=C(CC1CCNCC1)c1ccc(N2CCCCC2)cc1. The van der Waals surface area contributed by atoms with Crippen LogP contribution in [-0.4, -0.2) is 32.0 Å². The lowest BCUT2D eigenvalue weighted by Gasteiger charge is -2.28. The van der Waals surface area contributed by atoms with Gasteiger partial charge in [0.25, 0.3) is 0 Å². The molecule has 0 amide bonds. The van der Waals surface area contributed by atoms with Crippen molar-refractivity contribution in [3.05, 3.63) is 29.8 Å². The molecule has 2 aliphatic rings. The van der Waals surface area contributed by atoms with E-state index in [1.165, 1.54) is 24.9 Å². The summed E-state index contributed by atoms with van der Waals surface area (Å²) in [6.45, 7) is 4.43. The third-order valence-corrected chi connectivity index (χ3v) is 4.84. The maximum Gasteiger partial charge on any atom is 0.163 e. The summed E-state index contributed by atoms with van der Waals surface area (Å²) in [7, 11) is 0. The predicted octanol–water partition coefficient (Wildman–Crippen LogP) is 4.09. The number of nitrogens with zero attached hydrogens (tertiary/aromatic N) is 1. The van der Waals surface area contributed by atoms with E-state index >= 15 is 0 Å². The molecule has 0 aromatic heterocycles. The molecule has 0 atom stereocenters. The van der Waals surface area contributed by atoms with Crippen molar-refractivity contribution in [2.45, 2.75) is 38.5 Å². The van der Waals surface area contributed by atoms with Crippen LogP contribution in [0.25, 0.3) is 0 Å². The summed E-state index contributed by atoms with van der Waals surface area (Å²) in [5, 5.41) is 3.35. The Morgan fingerprint density at radius 1 is 1.00 bits per heavy atom. The van der Waals surface area contributed by atoms with E-state index in [1.54, 1.807) is 0 Å². The van der Waals surface area contributed by atoms with Gasteiger partial charge in [0.15, 0.2) is 5.78 Å². The van der Waals surface area contributed by atoms with Crippen molar-refractivity contribution < 1.29 is 4.79 Å². The lowest BCUT2D eigenvalue weighted by Crippen LogP contribution is -2.29. The molecule has 5 heteroatoms. The maximum absolute atomic E-state index is 12.4. The fourth-order valence-corrected chi connectivity index (χ4v) is 3.48. The number of carbonyl (C=O) groups excluding carboxylic acids is 1. The van der Waals surface area contributed by atoms with Crippen LogP contribution in [0, 0.1) is 5.92 Å². The molecule has 2 fully saturated rings. The standard InChI is InChI=1S/C18H26N2O.2ClH/c21-18(14-15-8-10-19-11-9-15)16-4-6-17(7-5-16)20-12-2-1-3-13-20;;/h4-7,15,19H,1-3,8-14H2;2*1H. The first-order valence-electron chi connectivity index (χ1n) is 8.42. The highest BCUT2D eigenvalue weighted by Gasteiger charge is 2.18. The number of ketones is 1. The van der Waals surface area contributed by atoms with Gasteiger partial charge >= 0.3 is 0 Å². The predicted molar refractivity (Wildman–Crippen MR) is 102 cm³/mol. The third-order valence-electron chi connectivity index (χ3n) is 4.84. The van der Waals surface area contributed by atoms with Gasteiger partial charge in [0, 0.05) is 30.8 Å². The zero-order valence-corrected chi connectivity index (χ0v) is 15.3. The lowest BCUT2D eigenvalue weighted by atomic mass is 9.90. The topological polar surface area (TPSA) is 32.3 Å². The van der Waals surface area contributed by atoms with Crippen LogP contribution in [0.3, 0.4) is 0 Å². The molecular formula is C18H28Cl2N2O. The normalized spacial score (nSPS) is 18.7. The molecule has 2 heterocycles. The van der Waals surface area contributed by atoms with E-state index in [-0.39, 0.29) is 24.8 Å². The fraction of sp³-hybridized carbons (Fsp3) is 0.611.